The van der Waals surface area contributed by atoms with Gasteiger partial charge in [-0.05, 0) is 56.9 Å². The average molecular weight is 275 g/mol. The van der Waals surface area contributed by atoms with Gasteiger partial charge in [-0.25, -0.2) is 0 Å². The molecule has 0 atom stereocenters. The third kappa shape index (κ3) is 2.56. The lowest BCUT2D eigenvalue weighted by Gasteiger charge is -2.42. The van der Waals surface area contributed by atoms with E-state index in [4.69, 9.17) is 4.74 Å². The first-order valence-electron chi connectivity index (χ1n) is 7.97. The number of nitrogens with zero attached hydrogens (tertiary/aromatic N) is 1. The van der Waals surface area contributed by atoms with E-state index < -0.39 is 5.60 Å². The van der Waals surface area contributed by atoms with Crippen molar-refractivity contribution in [1.82, 2.24) is 4.98 Å². The van der Waals surface area contributed by atoms with Crippen LogP contribution in [0, 0.1) is 5.41 Å². The molecular weight excluding hydrogens is 250 g/mol. The van der Waals surface area contributed by atoms with Crippen LogP contribution in [0.25, 0.3) is 0 Å². The summed E-state index contributed by atoms with van der Waals surface area (Å²) < 4.78 is 5.50. The lowest BCUT2D eigenvalue weighted by Crippen LogP contribution is -2.36. The Morgan fingerprint density at radius 1 is 1.10 bits per heavy atom. The summed E-state index contributed by atoms with van der Waals surface area (Å²) in [7, 11) is 0. The van der Waals surface area contributed by atoms with Crippen LogP contribution in [-0.4, -0.2) is 16.7 Å². The molecule has 0 amide bonds. The fourth-order valence-corrected chi connectivity index (χ4v) is 4.03. The Morgan fingerprint density at radius 2 is 1.80 bits per heavy atom. The molecule has 2 saturated carbocycles. The summed E-state index contributed by atoms with van der Waals surface area (Å²) in [5.41, 5.74) is 0.766. The second kappa shape index (κ2) is 5.36. The van der Waals surface area contributed by atoms with Crippen LogP contribution in [-0.2, 0) is 5.60 Å². The molecule has 1 spiro atoms. The van der Waals surface area contributed by atoms with Gasteiger partial charge in [0.25, 0.3) is 0 Å². The maximum absolute atomic E-state index is 11.0. The minimum Gasteiger partial charge on any atom is -0.492 e. The van der Waals surface area contributed by atoms with Gasteiger partial charge in [0.15, 0.2) is 0 Å². The van der Waals surface area contributed by atoms with Crippen LogP contribution in [0.1, 0.15) is 63.9 Å². The van der Waals surface area contributed by atoms with E-state index in [-0.39, 0.29) is 0 Å². The Bertz CT molecular complexity index is 456. The fourth-order valence-electron chi connectivity index (χ4n) is 4.03. The van der Waals surface area contributed by atoms with Crippen LogP contribution in [0.5, 0.6) is 5.75 Å². The second-order valence-electron chi connectivity index (χ2n) is 6.58. The summed E-state index contributed by atoms with van der Waals surface area (Å²) in [5, 5.41) is 11.0. The van der Waals surface area contributed by atoms with Gasteiger partial charge in [-0.15, -0.1) is 0 Å². The van der Waals surface area contributed by atoms with Gasteiger partial charge >= 0.3 is 0 Å². The maximum atomic E-state index is 11.0. The third-order valence-corrected chi connectivity index (χ3v) is 5.36. The quantitative estimate of drug-likeness (QED) is 0.912. The molecule has 2 aliphatic carbocycles. The number of pyridine rings is 1. The standard InChI is InChI=1S/C17H25NO2/c1-2-20-15-11-14(12-18-13-15)17(19)9-7-16(8-10-17)5-3-4-6-16/h11-13,19H,2-10H2,1H3. The lowest BCUT2D eigenvalue weighted by atomic mass is 9.66. The molecule has 0 bridgehead atoms. The highest BCUT2D eigenvalue weighted by atomic mass is 16.5. The van der Waals surface area contributed by atoms with Crippen LogP contribution in [0.4, 0.5) is 0 Å². The molecule has 0 aromatic carbocycles. The molecular formula is C17H25NO2. The van der Waals surface area contributed by atoms with Gasteiger partial charge < -0.3 is 9.84 Å². The minimum absolute atomic E-state index is 0.539. The van der Waals surface area contributed by atoms with Crippen molar-refractivity contribution in [3.05, 3.63) is 24.0 Å². The van der Waals surface area contributed by atoms with Crippen LogP contribution in [0.2, 0.25) is 0 Å². The zero-order chi connectivity index (χ0) is 14.1. The maximum Gasteiger partial charge on any atom is 0.137 e. The molecule has 0 aliphatic heterocycles. The second-order valence-corrected chi connectivity index (χ2v) is 6.58. The van der Waals surface area contributed by atoms with E-state index in [0.717, 1.165) is 37.0 Å². The molecule has 20 heavy (non-hydrogen) atoms. The molecule has 110 valence electrons. The number of rotatable bonds is 3. The van der Waals surface area contributed by atoms with Crippen LogP contribution < -0.4 is 4.74 Å². The van der Waals surface area contributed by atoms with E-state index in [1.165, 1.54) is 25.7 Å². The van der Waals surface area contributed by atoms with E-state index in [0.29, 0.717) is 12.0 Å². The Labute approximate surface area is 121 Å². The first-order chi connectivity index (χ1) is 9.66. The molecule has 3 heteroatoms. The number of ether oxygens (including phenoxy) is 1. The molecule has 0 saturated heterocycles. The van der Waals surface area contributed by atoms with Crippen molar-refractivity contribution in [2.75, 3.05) is 6.61 Å². The number of hydrogen-bond acceptors (Lipinski definition) is 3. The smallest absolute Gasteiger partial charge is 0.137 e. The van der Waals surface area contributed by atoms with Crippen molar-refractivity contribution in [2.45, 2.75) is 63.9 Å². The lowest BCUT2D eigenvalue weighted by molar-refractivity contribution is -0.0380. The predicted molar refractivity (Wildman–Crippen MR) is 78.7 cm³/mol. The van der Waals surface area contributed by atoms with E-state index >= 15 is 0 Å². The Morgan fingerprint density at radius 3 is 2.45 bits per heavy atom. The summed E-state index contributed by atoms with van der Waals surface area (Å²) in [6.45, 7) is 2.60. The predicted octanol–water partition coefficient (Wildman–Crippen LogP) is 3.80. The summed E-state index contributed by atoms with van der Waals surface area (Å²) in [5.74, 6) is 0.763. The highest BCUT2D eigenvalue weighted by Gasteiger charge is 2.43. The fraction of sp³-hybridized carbons (Fsp3) is 0.706. The van der Waals surface area contributed by atoms with Crippen molar-refractivity contribution in [2.24, 2.45) is 5.41 Å². The highest BCUT2D eigenvalue weighted by Crippen LogP contribution is 2.53. The van der Waals surface area contributed by atoms with Crippen molar-refractivity contribution >= 4 is 0 Å². The van der Waals surface area contributed by atoms with Crippen molar-refractivity contribution in [3.63, 3.8) is 0 Å². The molecule has 3 rings (SSSR count). The van der Waals surface area contributed by atoms with E-state index in [2.05, 4.69) is 4.98 Å². The molecule has 1 N–H and O–H groups in total. The molecule has 2 aliphatic rings. The molecule has 1 aromatic heterocycles. The molecule has 3 nitrogen and oxygen atoms in total. The first-order valence-corrected chi connectivity index (χ1v) is 7.97. The molecule has 0 radical (unpaired) electrons. The van der Waals surface area contributed by atoms with E-state index in [9.17, 15) is 5.11 Å². The van der Waals surface area contributed by atoms with Gasteiger partial charge in [-0.2, -0.15) is 0 Å². The summed E-state index contributed by atoms with van der Waals surface area (Å²) in [6, 6.07) is 1.96. The SMILES string of the molecule is CCOc1cncc(C2(O)CCC3(CCCC3)CC2)c1. The van der Waals surface area contributed by atoms with Gasteiger partial charge in [0.05, 0.1) is 18.4 Å². The molecule has 2 fully saturated rings. The van der Waals surface area contributed by atoms with Crippen molar-refractivity contribution in [3.8, 4) is 5.75 Å². The molecule has 1 aromatic rings. The highest BCUT2D eigenvalue weighted by molar-refractivity contribution is 5.28. The van der Waals surface area contributed by atoms with Crippen molar-refractivity contribution in [1.29, 1.82) is 0 Å². The number of hydrogen-bond donors (Lipinski definition) is 1. The minimum atomic E-state index is -0.700. The van der Waals surface area contributed by atoms with Gasteiger partial charge in [0.1, 0.15) is 5.75 Å². The molecule has 1 heterocycles. The van der Waals surface area contributed by atoms with E-state index in [1.807, 2.05) is 13.0 Å². The van der Waals surface area contributed by atoms with Gasteiger partial charge in [-0.1, -0.05) is 12.8 Å². The molecule has 0 unspecified atom stereocenters. The van der Waals surface area contributed by atoms with Crippen LogP contribution >= 0.6 is 0 Å². The summed E-state index contributed by atoms with van der Waals surface area (Å²) in [6.07, 6.45) is 13.0. The monoisotopic (exact) mass is 275 g/mol. The van der Waals surface area contributed by atoms with Crippen molar-refractivity contribution < 1.29 is 9.84 Å². The summed E-state index contributed by atoms with van der Waals surface area (Å²) >= 11 is 0. The van der Waals surface area contributed by atoms with Crippen LogP contribution in [0.15, 0.2) is 18.5 Å². The van der Waals surface area contributed by atoms with E-state index in [1.54, 1.807) is 12.4 Å². The Hall–Kier alpha value is -1.09. The van der Waals surface area contributed by atoms with Gasteiger partial charge in [0, 0.05) is 11.8 Å². The first kappa shape index (κ1) is 13.9. The number of aliphatic hydroxyl groups is 1. The topological polar surface area (TPSA) is 42.4 Å². The third-order valence-electron chi connectivity index (χ3n) is 5.36. The Kier molecular flexibility index (Phi) is 3.72. The van der Waals surface area contributed by atoms with Gasteiger partial charge in [-0.3, -0.25) is 4.98 Å². The van der Waals surface area contributed by atoms with Gasteiger partial charge in [0.2, 0.25) is 0 Å². The summed E-state index contributed by atoms with van der Waals surface area (Å²) in [4.78, 5) is 4.23. The zero-order valence-electron chi connectivity index (χ0n) is 12.4. The largest absolute Gasteiger partial charge is 0.492 e. The van der Waals surface area contributed by atoms with Crippen LogP contribution in [0.3, 0.4) is 0 Å². The normalized spacial score (nSPS) is 23.9. The Balaban J connectivity index is 1.74. The number of aromatic nitrogens is 1. The zero-order valence-corrected chi connectivity index (χ0v) is 12.4. The average Bonchev–Trinajstić information content (AvgIpc) is 2.92.